The van der Waals surface area contributed by atoms with E-state index in [1.807, 2.05) is 24.3 Å². The van der Waals surface area contributed by atoms with Gasteiger partial charge in [0.1, 0.15) is 0 Å². The number of hydrogen-bond donors (Lipinski definition) is 1. The molecule has 0 radical (unpaired) electrons. The molecule has 0 saturated carbocycles. The number of hydrogen-bond acceptors (Lipinski definition) is 8. The number of aromatic hydroxyl groups is 1. The molecule has 1 amide bonds. The summed E-state index contributed by atoms with van der Waals surface area (Å²) >= 11 is 1.32. The quantitative estimate of drug-likeness (QED) is 0.432. The highest BCUT2D eigenvalue weighted by Gasteiger charge is 2.30. The van der Waals surface area contributed by atoms with Gasteiger partial charge in [-0.3, -0.25) is 9.59 Å². The van der Waals surface area contributed by atoms with Gasteiger partial charge in [-0.05, 0) is 42.7 Å². The van der Waals surface area contributed by atoms with E-state index < -0.39 is 0 Å². The van der Waals surface area contributed by atoms with Crippen molar-refractivity contribution in [2.24, 2.45) is 5.92 Å². The van der Waals surface area contributed by atoms with Crippen molar-refractivity contribution in [3.05, 3.63) is 65.4 Å². The van der Waals surface area contributed by atoms with Crippen LogP contribution in [-0.4, -0.2) is 57.1 Å². The molecule has 2 aromatic heterocycles. The molecule has 0 aliphatic carbocycles. The number of thiazole rings is 1. The van der Waals surface area contributed by atoms with Gasteiger partial charge in [-0.1, -0.05) is 18.2 Å². The molecule has 1 saturated heterocycles. The van der Waals surface area contributed by atoms with Gasteiger partial charge in [0.25, 0.3) is 5.91 Å². The lowest BCUT2D eigenvalue weighted by Gasteiger charge is -2.31. The van der Waals surface area contributed by atoms with Crippen LogP contribution in [0.5, 0.6) is 11.5 Å². The van der Waals surface area contributed by atoms with Gasteiger partial charge in [-0.15, -0.1) is 11.3 Å². The van der Waals surface area contributed by atoms with Gasteiger partial charge in [-0.2, -0.15) is 10.2 Å². The number of fused-ring (bicyclic) bond motifs is 1. The first kappa shape index (κ1) is 22.0. The number of ketones is 1. The Bertz CT molecular complexity index is 1370. The number of ether oxygens (including phenoxy) is 1. The monoisotopic (exact) mass is 474 g/mol. The van der Waals surface area contributed by atoms with E-state index in [1.165, 1.54) is 24.6 Å². The molecule has 8 nitrogen and oxygen atoms in total. The summed E-state index contributed by atoms with van der Waals surface area (Å²) in [6.07, 6.45) is 4.35. The Morgan fingerprint density at radius 2 is 1.91 bits per heavy atom. The second kappa shape index (κ2) is 9.18. The highest BCUT2D eigenvalue weighted by molar-refractivity contribution is 7.17. The molecule has 5 rings (SSSR count). The summed E-state index contributed by atoms with van der Waals surface area (Å²) in [5, 5.41) is 19.1. The Morgan fingerprint density at radius 1 is 1.12 bits per heavy atom. The van der Waals surface area contributed by atoms with Crippen LogP contribution in [0.1, 0.15) is 33.0 Å². The summed E-state index contributed by atoms with van der Waals surface area (Å²) in [5.74, 6) is 0.168. The minimum Gasteiger partial charge on any atom is -0.504 e. The Balaban J connectivity index is 1.26. The van der Waals surface area contributed by atoms with Crippen molar-refractivity contribution in [2.45, 2.75) is 12.8 Å². The second-order valence-electron chi connectivity index (χ2n) is 8.12. The average molecular weight is 475 g/mol. The lowest BCUT2D eigenvalue weighted by atomic mass is 9.92. The highest BCUT2D eigenvalue weighted by Crippen LogP contribution is 2.35. The molecule has 0 atom stereocenters. The molecule has 1 fully saturated rings. The summed E-state index contributed by atoms with van der Waals surface area (Å²) in [6, 6.07) is 12.5. The Kier molecular flexibility index (Phi) is 5.93. The minimum absolute atomic E-state index is 0.00474. The largest absolute Gasteiger partial charge is 0.504 e. The zero-order valence-electron chi connectivity index (χ0n) is 18.5. The molecule has 172 valence electrons. The molecule has 34 heavy (non-hydrogen) atoms. The Hall–Kier alpha value is -3.85. The van der Waals surface area contributed by atoms with E-state index in [0.29, 0.717) is 47.8 Å². The Morgan fingerprint density at radius 3 is 2.71 bits per heavy atom. The van der Waals surface area contributed by atoms with Crippen LogP contribution < -0.4 is 4.74 Å². The van der Waals surface area contributed by atoms with E-state index in [2.05, 4.69) is 15.2 Å². The zero-order valence-corrected chi connectivity index (χ0v) is 19.3. The van der Waals surface area contributed by atoms with Crippen molar-refractivity contribution < 1.29 is 19.4 Å². The van der Waals surface area contributed by atoms with Crippen molar-refractivity contribution in [3.8, 4) is 21.9 Å². The van der Waals surface area contributed by atoms with Gasteiger partial charge in [-0.25, -0.2) is 4.98 Å². The fourth-order valence-corrected chi connectivity index (χ4v) is 5.15. The van der Waals surface area contributed by atoms with E-state index >= 15 is 0 Å². The first-order valence-electron chi connectivity index (χ1n) is 10.9. The smallest absolute Gasteiger partial charge is 0.256 e. The van der Waals surface area contributed by atoms with Crippen LogP contribution >= 0.6 is 11.3 Å². The van der Waals surface area contributed by atoms with Crippen LogP contribution in [0.4, 0.5) is 0 Å². The molecule has 2 aromatic carbocycles. The van der Waals surface area contributed by atoms with Gasteiger partial charge >= 0.3 is 0 Å². The number of carbonyl (C=O) groups excluding carboxylic acids is 2. The van der Waals surface area contributed by atoms with E-state index in [4.69, 9.17) is 4.74 Å². The van der Waals surface area contributed by atoms with E-state index in [-0.39, 0.29) is 23.4 Å². The summed E-state index contributed by atoms with van der Waals surface area (Å²) in [7, 11) is 1.49. The van der Waals surface area contributed by atoms with E-state index in [9.17, 15) is 14.7 Å². The normalized spacial score (nSPS) is 14.3. The third-order valence-electron chi connectivity index (χ3n) is 6.11. The first-order valence-corrected chi connectivity index (χ1v) is 11.7. The molecule has 1 aliphatic rings. The SMILES string of the molecule is COc1cc(-c2cnc(C(=O)C3CCN(C(=O)c4cnnc5ccccc45)CC3)s2)ccc1O. The van der Waals surface area contributed by atoms with Crippen molar-refractivity contribution in [3.63, 3.8) is 0 Å². The van der Waals surface area contributed by atoms with Crippen LogP contribution in [0.15, 0.2) is 54.9 Å². The average Bonchev–Trinajstić information content (AvgIpc) is 3.38. The number of nitrogens with zero attached hydrogens (tertiary/aromatic N) is 4. The van der Waals surface area contributed by atoms with Crippen LogP contribution in [0, 0.1) is 5.92 Å². The fourth-order valence-electron chi connectivity index (χ4n) is 4.22. The van der Waals surface area contributed by atoms with Crippen molar-refractivity contribution in [2.75, 3.05) is 20.2 Å². The molecule has 3 heterocycles. The third kappa shape index (κ3) is 4.10. The number of aromatic nitrogens is 3. The highest BCUT2D eigenvalue weighted by atomic mass is 32.1. The third-order valence-corrected chi connectivity index (χ3v) is 7.17. The van der Waals surface area contributed by atoms with Crippen LogP contribution in [0.25, 0.3) is 21.3 Å². The van der Waals surface area contributed by atoms with Gasteiger partial charge in [0.15, 0.2) is 22.3 Å². The van der Waals surface area contributed by atoms with Crippen LogP contribution in [-0.2, 0) is 0 Å². The molecule has 0 unspecified atom stereocenters. The number of Topliss-reactive ketones (excluding diaryl/α,β-unsaturated/α-hetero) is 1. The molecule has 0 spiro atoms. The molecule has 0 bridgehead atoms. The zero-order chi connectivity index (χ0) is 23.7. The molecule has 1 aliphatic heterocycles. The number of carbonyl (C=O) groups is 2. The molecule has 1 N–H and O–H groups in total. The maximum Gasteiger partial charge on any atom is 0.256 e. The first-order chi connectivity index (χ1) is 16.5. The number of rotatable bonds is 5. The van der Waals surface area contributed by atoms with Gasteiger partial charge < -0.3 is 14.7 Å². The van der Waals surface area contributed by atoms with Crippen molar-refractivity contribution in [1.29, 1.82) is 0 Å². The fraction of sp³-hybridized carbons (Fsp3) is 0.240. The van der Waals surface area contributed by atoms with Crippen molar-refractivity contribution in [1.82, 2.24) is 20.1 Å². The van der Waals surface area contributed by atoms with Crippen LogP contribution in [0.2, 0.25) is 0 Å². The lowest BCUT2D eigenvalue weighted by molar-refractivity contribution is 0.0651. The molecular weight excluding hydrogens is 452 g/mol. The predicted octanol–water partition coefficient (Wildman–Crippen LogP) is 4.20. The number of phenolic OH excluding ortho intramolecular Hbond substituents is 1. The molecule has 4 aromatic rings. The summed E-state index contributed by atoms with van der Waals surface area (Å²) in [6.45, 7) is 0.999. The standard InChI is InChI=1S/C25H22N4O4S/c1-33-21-12-16(6-7-20(21)30)22-14-26-24(34-22)23(31)15-8-10-29(11-9-15)25(32)18-13-27-28-19-5-3-2-4-17(18)19/h2-7,12-15,30H,8-11H2,1H3. The molecule has 9 heteroatoms. The minimum atomic E-state index is -0.176. The summed E-state index contributed by atoms with van der Waals surface area (Å²) in [5.41, 5.74) is 2.04. The maximum atomic E-state index is 13.1. The lowest BCUT2D eigenvalue weighted by Crippen LogP contribution is -2.40. The maximum absolute atomic E-state index is 13.1. The van der Waals surface area contributed by atoms with E-state index in [1.54, 1.807) is 29.3 Å². The predicted molar refractivity (Wildman–Crippen MR) is 128 cm³/mol. The van der Waals surface area contributed by atoms with Gasteiger partial charge in [0.05, 0.1) is 29.3 Å². The number of amides is 1. The van der Waals surface area contributed by atoms with Crippen molar-refractivity contribution >= 4 is 33.9 Å². The summed E-state index contributed by atoms with van der Waals surface area (Å²) in [4.78, 5) is 33.2. The van der Waals surface area contributed by atoms with Gasteiger partial charge in [0.2, 0.25) is 0 Å². The second-order valence-corrected chi connectivity index (χ2v) is 9.15. The van der Waals surface area contributed by atoms with Crippen LogP contribution in [0.3, 0.4) is 0 Å². The number of phenols is 1. The van der Waals surface area contributed by atoms with E-state index in [0.717, 1.165) is 15.8 Å². The Labute approximate surface area is 199 Å². The topological polar surface area (TPSA) is 106 Å². The molecular formula is C25H22N4O4S. The number of piperidine rings is 1. The van der Waals surface area contributed by atoms with Gasteiger partial charge in [0, 0.05) is 30.6 Å². The number of benzene rings is 2. The summed E-state index contributed by atoms with van der Waals surface area (Å²) < 4.78 is 5.17. The number of methoxy groups -OCH3 is 1. The number of likely N-dealkylation sites (tertiary alicyclic amines) is 1.